The van der Waals surface area contributed by atoms with Gasteiger partial charge in [-0.2, -0.15) is 0 Å². The largest absolute Gasteiger partial charge is 0.497 e. The lowest BCUT2D eigenvalue weighted by molar-refractivity contribution is -0.113. The topological polar surface area (TPSA) is 116 Å². The summed E-state index contributed by atoms with van der Waals surface area (Å²) in [5, 5.41) is 17.1. The van der Waals surface area contributed by atoms with Crippen LogP contribution in [-0.2, 0) is 4.79 Å². The molecule has 1 N–H and O–H groups in total. The van der Waals surface area contributed by atoms with E-state index in [1.165, 1.54) is 11.3 Å². The molecule has 0 saturated carbocycles. The number of amides is 1. The quantitative estimate of drug-likeness (QED) is 0.437. The number of carbonyl (C=O) groups excluding carboxylic acids is 1. The fourth-order valence-corrected chi connectivity index (χ4v) is 3.65. The smallest absolute Gasteiger partial charge is 0.277 e. The van der Waals surface area contributed by atoms with Gasteiger partial charge in [0, 0.05) is 17.0 Å². The van der Waals surface area contributed by atoms with E-state index in [2.05, 4.69) is 25.7 Å². The van der Waals surface area contributed by atoms with Crippen LogP contribution in [0, 0.1) is 6.92 Å². The third-order valence-corrected chi connectivity index (χ3v) is 5.29. The molecule has 11 heteroatoms. The van der Waals surface area contributed by atoms with Crippen molar-refractivity contribution < 1.29 is 18.5 Å². The molecule has 0 radical (unpaired) electrons. The summed E-state index contributed by atoms with van der Waals surface area (Å²) < 4.78 is 15.6. The molecule has 0 bridgehead atoms. The van der Waals surface area contributed by atoms with Crippen LogP contribution in [0.4, 0.5) is 5.13 Å². The van der Waals surface area contributed by atoms with E-state index >= 15 is 0 Å². The molecule has 0 aliphatic carbocycles. The SMILES string of the molecule is COc1ccc(-c2csc(NC(=O)CSc3nnc(-c4cc(C)on4)o3)n2)cc1. The number of ether oxygens (including phenoxy) is 1. The molecule has 148 valence electrons. The van der Waals surface area contributed by atoms with Crippen LogP contribution >= 0.6 is 23.1 Å². The van der Waals surface area contributed by atoms with Crippen LogP contribution in [0.15, 0.2) is 49.9 Å². The first-order valence-electron chi connectivity index (χ1n) is 8.40. The number of thiazole rings is 1. The molecule has 3 heterocycles. The van der Waals surface area contributed by atoms with Crippen molar-refractivity contribution in [2.75, 3.05) is 18.2 Å². The summed E-state index contributed by atoms with van der Waals surface area (Å²) >= 11 is 2.48. The van der Waals surface area contributed by atoms with Gasteiger partial charge in [-0.3, -0.25) is 4.79 Å². The first-order chi connectivity index (χ1) is 14.1. The van der Waals surface area contributed by atoms with E-state index in [1.807, 2.05) is 29.6 Å². The van der Waals surface area contributed by atoms with E-state index in [0.29, 0.717) is 16.6 Å². The summed E-state index contributed by atoms with van der Waals surface area (Å²) in [7, 11) is 1.62. The number of methoxy groups -OCH3 is 1. The van der Waals surface area contributed by atoms with E-state index in [0.717, 1.165) is 28.8 Å². The van der Waals surface area contributed by atoms with E-state index in [9.17, 15) is 4.79 Å². The first-order valence-corrected chi connectivity index (χ1v) is 10.3. The Hall–Kier alpha value is -3.18. The van der Waals surface area contributed by atoms with Crippen molar-refractivity contribution in [3.05, 3.63) is 41.5 Å². The summed E-state index contributed by atoms with van der Waals surface area (Å²) in [6.07, 6.45) is 0. The van der Waals surface area contributed by atoms with Gasteiger partial charge in [-0.25, -0.2) is 4.98 Å². The fraction of sp³-hybridized carbons (Fsp3) is 0.167. The zero-order chi connectivity index (χ0) is 20.2. The summed E-state index contributed by atoms with van der Waals surface area (Å²) in [4.78, 5) is 16.6. The van der Waals surface area contributed by atoms with Crippen LogP contribution in [-0.4, -0.2) is 39.1 Å². The van der Waals surface area contributed by atoms with E-state index < -0.39 is 0 Å². The number of aromatic nitrogens is 4. The monoisotopic (exact) mass is 429 g/mol. The molecule has 9 nitrogen and oxygen atoms in total. The standard InChI is InChI=1S/C18H15N5O4S2/c1-10-7-13(23-27-10)16-21-22-18(26-16)29-9-15(24)20-17-19-14(8-28-17)11-3-5-12(25-2)6-4-11/h3-8H,9H2,1-2H3,(H,19,20,24). The molecular weight excluding hydrogens is 414 g/mol. The van der Waals surface area contributed by atoms with Crippen LogP contribution in [0.2, 0.25) is 0 Å². The molecule has 4 aromatic rings. The van der Waals surface area contributed by atoms with Crippen LogP contribution in [0.1, 0.15) is 5.76 Å². The average molecular weight is 429 g/mol. The van der Waals surface area contributed by atoms with E-state index in [-0.39, 0.29) is 22.8 Å². The predicted octanol–water partition coefficient (Wildman–Crippen LogP) is 3.90. The van der Waals surface area contributed by atoms with Crippen LogP contribution < -0.4 is 10.1 Å². The van der Waals surface area contributed by atoms with Gasteiger partial charge in [0.2, 0.25) is 5.91 Å². The third-order valence-electron chi connectivity index (χ3n) is 3.72. The first kappa shape index (κ1) is 19.2. The minimum Gasteiger partial charge on any atom is -0.497 e. The summed E-state index contributed by atoms with van der Waals surface area (Å²) in [6.45, 7) is 1.77. The molecular formula is C18H15N5O4S2. The second-order valence-corrected chi connectivity index (χ2v) is 7.58. The van der Waals surface area contributed by atoms with Gasteiger partial charge in [0.05, 0.1) is 18.6 Å². The van der Waals surface area contributed by atoms with Crippen molar-refractivity contribution in [3.63, 3.8) is 0 Å². The highest BCUT2D eigenvalue weighted by Gasteiger charge is 2.15. The third kappa shape index (κ3) is 4.63. The highest BCUT2D eigenvalue weighted by Crippen LogP contribution is 2.27. The number of rotatable bonds is 7. The van der Waals surface area contributed by atoms with Gasteiger partial charge in [-0.15, -0.1) is 21.5 Å². The lowest BCUT2D eigenvalue weighted by Gasteiger charge is -2.01. The molecule has 0 fully saturated rings. The Morgan fingerprint density at radius 1 is 1.24 bits per heavy atom. The van der Waals surface area contributed by atoms with Crippen molar-refractivity contribution in [1.29, 1.82) is 0 Å². The molecule has 0 atom stereocenters. The maximum absolute atomic E-state index is 12.2. The number of benzene rings is 1. The number of hydrogen-bond acceptors (Lipinski definition) is 10. The van der Waals surface area contributed by atoms with Gasteiger partial charge >= 0.3 is 0 Å². The average Bonchev–Trinajstić information content (AvgIpc) is 3.47. The van der Waals surface area contributed by atoms with Crippen LogP contribution in [0.5, 0.6) is 5.75 Å². The van der Waals surface area contributed by atoms with Crippen LogP contribution in [0.3, 0.4) is 0 Å². The number of hydrogen-bond donors (Lipinski definition) is 1. The van der Waals surface area contributed by atoms with E-state index in [4.69, 9.17) is 13.7 Å². The predicted molar refractivity (Wildman–Crippen MR) is 108 cm³/mol. The molecule has 1 amide bonds. The summed E-state index contributed by atoms with van der Waals surface area (Å²) in [6, 6.07) is 9.25. The summed E-state index contributed by atoms with van der Waals surface area (Å²) in [5.74, 6) is 1.55. The minimum absolute atomic E-state index is 0.108. The normalized spacial score (nSPS) is 10.8. The molecule has 0 saturated heterocycles. The Bertz CT molecular complexity index is 1120. The van der Waals surface area contributed by atoms with Crippen LogP contribution in [0.25, 0.3) is 22.8 Å². The number of carbonyl (C=O) groups is 1. The molecule has 0 aliphatic rings. The maximum atomic E-state index is 12.2. The molecule has 0 spiro atoms. The number of nitrogens with one attached hydrogen (secondary N) is 1. The lowest BCUT2D eigenvalue weighted by Crippen LogP contribution is -2.13. The highest BCUT2D eigenvalue weighted by molar-refractivity contribution is 7.99. The molecule has 3 aromatic heterocycles. The Morgan fingerprint density at radius 2 is 2.07 bits per heavy atom. The molecule has 4 rings (SSSR count). The molecule has 0 aliphatic heterocycles. The van der Waals surface area contributed by atoms with Gasteiger partial charge in [-0.1, -0.05) is 16.9 Å². The van der Waals surface area contributed by atoms with Gasteiger partial charge in [0.1, 0.15) is 11.5 Å². The number of aryl methyl sites for hydroxylation is 1. The zero-order valence-electron chi connectivity index (χ0n) is 15.4. The van der Waals surface area contributed by atoms with Crippen molar-refractivity contribution in [3.8, 4) is 28.6 Å². The molecule has 0 unspecified atom stereocenters. The van der Waals surface area contributed by atoms with Gasteiger partial charge in [0.25, 0.3) is 11.1 Å². The Balaban J connectivity index is 1.32. The Kier molecular flexibility index (Phi) is 5.58. The number of anilines is 1. The summed E-state index contributed by atoms with van der Waals surface area (Å²) in [5.41, 5.74) is 2.18. The minimum atomic E-state index is -0.220. The maximum Gasteiger partial charge on any atom is 0.277 e. The van der Waals surface area contributed by atoms with Gasteiger partial charge in [0.15, 0.2) is 10.8 Å². The van der Waals surface area contributed by atoms with Crippen molar-refractivity contribution in [2.45, 2.75) is 12.1 Å². The second kappa shape index (κ2) is 8.45. The Morgan fingerprint density at radius 3 is 2.79 bits per heavy atom. The van der Waals surface area contributed by atoms with Crippen molar-refractivity contribution in [1.82, 2.24) is 20.3 Å². The second-order valence-electron chi connectivity index (χ2n) is 5.80. The van der Waals surface area contributed by atoms with Crippen molar-refractivity contribution >= 4 is 34.1 Å². The van der Waals surface area contributed by atoms with Crippen molar-refractivity contribution in [2.24, 2.45) is 0 Å². The molecule has 29 heavy (non-hydrogen) atoms. The highest BCUT2D eigenvalue weighted by atomic mass is 32.2. The molecule has 1 aromatic carbocycles. The van der Waals surface area contributed by atoms with Gasteiger partial charge < -0.3 is 19.0 Å². The number of thioether (sulfide) groups is 1. The Labute approximate surface area is 173 Å². The lowest BCUT2D eigenvalue weighted by atomic mass is 10.2. The van der Waals surface area contributed by atoms with Gasteiger partial charge in [-0.05, 0) is 31.2 Å². The zero-order valence-corrected chi connectivity index (χ0v) is 17.0. The fourth-order valence-electron chi connectivity index (χ4n) is 2.35. The van der Waals surface area contributed by atoms with E-state index in [1.54, 1.807) is 20.1 Å². The number of nitrogens with zero attached hydrogens (tertiary/aromatic N) is 4.